The Hall–Kier alpha value is -3.07. The van der Waals surface area contributed by atoms with Crippen molar-refractivity contribution in [3.8, 4) is 22.6 Å². The molecule has 2 aromatic heterocycles. The SMILES string of the molecule is [c]1ccc(-c2c[nH]c3ncccc23)cc1Oc1ccccc1. The summed E-state index contributed by atoms with van der Waals surface area (Å²) in [6, 6.07) is 22.7. The summed E-state index contributed by atoms with van der Waals surface area (Å²) in [7, 11) is 0. The highest BCUT2D eigenvalue weighted by molar-refractivity contribution is 5.93. The summed E-state index contributed by atoms with van der Waals surface area (Å²) >= 11 is 0. The smallest absolute Gasteiger partial charge is 0.137 e. The van der Waals surface area contributed by atoms with Gasteiger partial charge in [-0.05, 0) is 42.0 Å². The van der Waals surface area contributed by atoms with Crippen LogP contribution in [0.15, 0.2) is 73.1 Å². The molecule has 0 saturated heterocycles. The van der Waals surface area contributed by atoms with E-state index in [-0.39, 0.29) is 0 Å². The summed E-state index contributed by atoms with van der Waals surface area (Å²) in [5.74, 6) is 1.50. The molecule has 1 radical (unpaired) electrons. The number of nitrogens with one attached hydrogen (secondary N) is 1. The second kappa shape index (κ2) is 5.37. The largest absolute Gasteiger partial charge is 0.457 e. The van der Waals surface area contributed by atoms with Crippen LogP contribution in [0.1, 0.15) is 0 Å². The number of aromatic amines is 1. The zero-order chi connectivity index (χ0) is 14.8. The van der Waals surface area contributed by atoms with Gasteiger partial charge in [0.2, 0.25) is 0 Å². The van der Waals surface area contributed by atoms with Gasteiger partial charge >= 0.3 is 0 Å². The zero-order valence-electron chi connectivity index (χ0n) is 11.8. The van der Waals surface area contributed by atoms with Gasteiger partial charge in [0.15, 0.2) is 0 Å². The van der Waals surface area contributed by atoms with Crippen LogP contribution >= 0.6 is 0 Å². The van der Waals surface area contributed by atoms with Crippen LogP contribution in [0.2, 0.25) is 0 Å². The minimum absolute atomic E-state index is 0.696. The Morgan fingerprint density at radius 1 is 1.00 bits per heavy atom. The van der Waals surface area contributed by atoms with E-state index in [4.69, 9.17) is 4.74 Å². The predicted octanol–water partition coefficient (Wildman–Crippen LogP) is 4.82. The molecule has 0 fully saturated rings. The van der Waals surface area contributed by atoms with Crippen molar-refractivity contribution in [1.82, 2.24) is 9.97 Å². The molecule has 2 heterocycles. The Bertz CT molecular complexity index is 913. The van der Waals surface area contributed by atoms with E-state index >= 15 is 0 Å². The number of fused-ring (bicyclic) bond motifs is 1. The van der Waals surface area contributed by atoms with Crippen molar-refractivity contribution in [1.29, 1.82) is 0 Å². The molecule has 0 bridgehead atoms. The average Bonchev–Trinajstić information content (AvgIpc) is 3.00. The maximum Gasteiger partial charge on any atom is 0.137 e. The van der Waals surface area contributed by atoms with Crippen molar-refractivity contribution >= 4 is 11.0 Å². The molecule has 105 valence electrons. The summed E-state index contributed by atoms with van der Waals surface area (Å²) < 4.78 is 5.85. The molecular formula is C19H13N2O. The van der Waals surface area contributed by atoms with E-state index in [2.05, 4.69) is 22.1 Å². The first-order chi connectivity index (χ1) is 10.9. The van der Waals surface area contributed by atoms with Crippen molar-refractivity contribution in [3.05, 3.63) is 79.1 Å². The molecule has 4 rings (SSSR count). The highest BCUT2D eigenvalue weighted by atomic mass is 16.5. The molecule has 0 spiro atoms. The molecular weight excluding hydrogens is 272 g/mol. The zero-order valence-corrected chi connectivity index (χ0v) is 11.8. The summed E-state index contributed by atoms with van der Waals surface area (Å²) in [6.07, 6.45) is 3.75. The van der Waals surface area contributed by atoms with Crippen molar-refractivity contribution in [2.24, 2.45) is 0 Å². The minimum Gasteiger partial charge on any atom is -0.457 e. The molecule has 1 N–H and O–H groups in total. The van der Waals surface area contributed by atoms with E-state index in [1.807, 2.05) is 60.8 Å². The fourth-order valence-electron chi connectivity index (χ4n) is 2.48. The summed E-state index contributed by atoms with van der Waals surface area (Å²) in [5, 5.41) is 1.10. The lowest BCUT2D eigenvalue weighted by molar-refractivity contribution is 0.482. The number of rotatable bonds is 3. The molecule has 0 unspecified atom stereocenters. The molecule has 0 saturated carbocycles. The van der Waals surface area contributed by atoms with Gasteiger partial charge in [0.25, 0.3) is 0 Å². The van der Waals surface area contributed by atoms with Crippen molar-refractivity contribution < 1.29 is 4.74 Å². The minimum atomic E-state index is 0.696. The Morgan fingerprint density at radius 3 is 2.82 bits per heavy atom. The Kier molecular flexibility index (Phi) is 3.09. The van der Waals surface area contributed by atoms with Gasteiger partial charge in [-0.2, -0.15) is 0 Å². The van der Waals surface area contributed by atoms with Crippen molar-refractivity contribution in [2.45, 2.75) is 0 Å². The topological polar surface area (TPSA) is 37.9 Å². The van der Waals surface area contributed by atoms with E-state index in [0.717, 1.165) is 27.9 Å². The van der Waals surface area contributed by atoms with Crippen LogP contribution < -0.4 is 4.74 Å². The lowest BCUT2D eigenvalue weighted by atomic mass is 10.1. The predicted molar refractivity (Wildman–Crippen MR) is 86.9 cm³/mol. The normalized spacial score (nSPS) is 10.7. The third-order valence-corrected chi connectivity index (χ3v) is 3.51. The summed E-state index contributed by atoms with van der Waals surface area (Å²) in [6.45, 7) is 0. The molecule has 3 nitrogen and oxygen atoms in total. The van der Waals surface area contributed by atoms with E-state index in [1.165, 1.54) is 0 Å². The van der Waals surface area contributed by atoms with Crippen LogP contribution in [0.25, 0.3) is 22.2 Å². The van der Waals surface area contributed by atoms with Crippen LogP contribution in [0, 0.1) is 6.07 Å². The van der Waals surface area contributed by atoms with Crippen LogP contribution in [0.5, 0.6) is 11.5 Å². The van der Waals surface area contributed by atoms with Crippen molar-refractivity contribution in [3.63, 3.8) is 0 Å². The van der Waals surface area contributed by atoms with Gasteiger partial charge in [0, 0.05) is 29.4 Å². The number of hydrogen-bond donors (Lipinski definition) is 1. The molecule has 0 aliphatic rings. The van der Waals surface area contributed by atoms with E-state index in [9.17, 15) is 0 Å². The molecule has 0 aliphatic heterocycles. The monoisotopic (exact) mass is 285 g/mol. The second-order valence-electron chi connectivity index (χ2n) is 4.96. The number of nitrogens with zero attached hydrogens (tertiary/aromatic N) is 1. The third kappa shape index (κ3) is 2.33. The van der Waals surface area contributed by atoms with Crippen LogP contribution in [0.4, 0.5) is 0 Å². The van der Waals surface area contributed by atoms with Gasteiger partial charge in [-0.3, -0.25) is 0 Å². The van der Waals surface area contributed by atoms with E-state index in [1.54, 1.807) is 6.20 Å². The van der Waals surface area contributed by atoms with Crippen LogP contribution in [-0.2, 0) is 0 Å². The van der Waals surface area contributed by atoms with E-state index in [0.29, 0.717) is 5.75 Å². The average molecular weight is 285 g/mol. The van der Waals surface area contributed by atoms with Crippen LogP contribution in [-0.4, -0.2) is 9.97 Å². The summed E-state index contributed by atoms with van der Waals surface area (Å²) in [5.41, 5.74) is 3.06. The van der Waals surface area contributed by atoms with Crippen LogP contribution in [0.3, 0.4) is 0 Å². The first-order valence-corrected chi connectivity index (χ1v) is 7.07. The number of ether oxygens (including phenoxy) is 1. The van der Waals surface area contributed by atoms with Gasteiger partial charge < -0.3 is 9.72 Å². The number of pyridine rings is 1. The number of aromatic nitrogens is 2. The van der Waals surface area contributed by atoms with Crippen molar-refractivity contribution in [2.75, 3.05) is 0 Å². The van der Waals surface area contributed by atoms with Gasteiger partial charge in [-0.25, -0.2) is 4.98 Å². The quantitative estimate of drug-likeness (QED) is 0.586. The Labute approximate surface area is 128 Å². The van der Waals surface area contributed by atoms with Gasteiger partial charge in [0.1, 0.15) is 17.1 Å². The molecule has 3 heteroatoms. The molecule has 0 atom stereocenters. The fourth-order valence-corrected chi connectivity index (χ4v) is 2.48. The molecule has 2 aromatic carbocycles. The standard InChI is InChI=1S/C19H13N2O/c1-2-7-15(8-3-1)22-16-9-4-6-14(12-16)18-13-21-19-17(18)10-5-11-20-19/h1-8,10-13H,(H,20,21). The highest BCUT2D eigenvalue weighted by Crippen LogP contribution is 2.31. The maximum absolute atomic E-state index is 5.85. The maximum atomic E-state index is 5.85. The fraction of sp³-hybridized carbons (Fsp3) is 0. The van der Waals surface area contributed by atoms with Gasteiger partial charge in [-0.15, -0.1) is 0 Å². The molecule has 0 aliphatic carbocycles. The lowest BCUT2D eigenvalue weighted by Gasteiger charge is -2.07. The highest BCUT2D eigenvalue weighted by Gasteiger charge is 2.07. The molecule has 22 heavy (non-hydrogen) atoms. The number of hydrogen-bond acceptors (Lipinski definition) is 2. The second-order valence-corrected chi connectivity index (χ2v) is 4.96. The van der Waals surface area contributed by atoms with E-state index < -0.39 is 0 Å². The van der Waals surface area contributed by atoms with Gasteiger partial charge in [0.05, 0.1) is 0 Å². The summed E-state index contributed by atoms with van der Waals surface area (Å²) in [4.78, 5) is 7.52. The number of para-hydroxylation sites is 1. The molecule has 4 aromatic rings. The number of H-pyrrole nitrogens is 1. The molecule has 0 amide bonds. The third-order valence-electron chi connectivity index (χ3n) is 3.51. The van der Waals surface area contributed by atoms with Gasteiger partial charge in [-0.1, -0.05) is 24.3 Å². The first kappa shape index (κ1) is 12.7. The Balaban J connectivity index is 1.73. The lowest BCUT2D eigenvalue weighted by Crippen LogP contribution is -1.85. The number of benzene rings is 2. The Morgan fingerprint density at radius 2 is 1.91 bits per heavy atom. The first-order valence-electron chi connectivity index (χ1n) is 7.07.